The lowest BCUT2D eigenvalue weighted by molar-refractivity contribution is -0.114. The summed E-state index contributed by atoms with van der Waals surface area (Å²) in [5.41, 5.74) is 2.58. The number of hydrogen-bond donors (Lipinski definition) is 2. The van der Waals surface area contributed by atoms with E-state index in [0.717, 1.165) is 37.7 Å². The van der Waals surface area contributed by atoms with E-state index in [1.165, 1.54) is 0 Å². The maximum atomic E-state index is 14.1. The van der Waals surface area contributed by atoms with Gasteiger partial charge in [0.05, 0.1) is 5.54 Å². The van der Waals surface area contributed by atoms with Gasteiger partial charge in [0.25, 0.3) is 11.9 Å². The maximum Gasteiger partial charge on any atom is 0.270 e. The fourth-order valence-electron chi connectivity index (χ4n) is 6.07. The van der Waals surface area contributed by atoms with Crippen LogP contribution in [0.25, 0.3) is 0 Å². The summed E-state index contributed by atoms with van der Waals surface area (Å²) in [4.78, 5) is 31.9. The Labute approximate surface area is 264 Å². The highest BCUT2D eigenvalue weighted by atomic mass is 35.5. The van der Waals surface area contributed by atoms with Crippen LogP contribution in [0, 0.1) is 17.3 Å². The van der Waals surface area contributed by atoms with E-state index in [1.54, 1.807) is 30.3 Å². The smallest absolute Gasteiger partial charge is 0.270 e. The molecule has 0 radical (unpaired) electrons. The average molecular weight is 626 g/mol. The molecule has 1 amide bonds. The Hall–Kier alpha value is -3.10. The minimum Gasteiger partial charge on any atom is -0.292 e. The Morgan fingerprint density at radius 3 is 2.23 bits per heavy atom. The Morgan fingerprint density at radius 2 is 1.70 bits per heavy atom. The van der Waals surface area contributed by atoms with Crippen LogP contribution in [0.15, 0.2) is 47.5 Å². The number of carbonyl (C=O) groups excluding carboxylic acids is 2. The zero-order valence-corrected chi connectivity index (χ0v) is 27.4. The largest absolute Gasteiger partial charge is 0.292 e. The van der Waals surface area contributed by atoms with E-state index in [1.807, 2.05) is 12.1 Å². The van der Waals surface area contributed by atoms with Gasteiger partial charge in [0, 0.05) is 27.6 Å². The number of aliphatic imine (C=N–C) groups is 1. The normalized spacial score (nSPS) is 20.8. The standard InChI is InChI=1S/C33H42Cl2N6O2/c1-7-21(20(2)22-8-10-23(11-9-22)30(43)36-31-38-40-41-39-31)18-28(42)29(24-16-26(34)19-27(35)17-24)37-33(6)14-12-25(13-15-33)32(3,4)5/h8-11,16-17,19-21,25H,7,12-15,18H2,1-6H3,(H2,36,38,39,40,41,43). The first kappa shape index (κ1) is 32.8. The quantitative estimate of drug-likeness (QED) is 0.220. The van der Waals surface area contributed by atoms with Gasteiger partial charge in [-0.15, -0.1) is 5.10 Å². The van der Waals surface area contributed by atoms with Crippen LogP contribution in [0.5, 0.6) is 0 Å². The molecule has 2 aromatic carbocycles. The minimum absolute atomic E-state index is 0.00712. The van der Waals surface area contributed by atoms with Crippen molar-refractivity contribution in [1.82, 2.24) is 20.6 Å². The molecule has 1 aliphatic rings. The number of H-pyrrole nitrogens is 1. The number of aromatic nitrogens is 4. The number of Topliss-reactive ketones (excluding diaryl/α,β-unsaturated/α-hetero) is 1. The van der Waals surface area contributed by atoms with Crippen LogP contribution in [0.1, 0.15) is 107 Å². The van der Waals surface area contributed by atoms with E-state index < -0.39 is 0 Å². The van der Waals surface area contributed by atoms with Crippen molar-refractivity contribution in [2.45, 2.75) is 91.5 Å². The summed E-state index contributed by atoms with van der Waals surface area (Å²) < 4.78 is 0. The second-order valence-electron chi connectivity index (χ2n) is 13.2. The highest BCUT2D eigenvalue weighted by Gasteiger charge is 2.37. The van der Waals surface area contributed by atoms with Crippen molar-refractivity contribution in [1.29, 1.82) is 0 Å². The van der Waals surface area contributed by atoms with E-state index in [4.69, 9.17) is 28.2 Å². The Kier molecular flexibility index (Phi) is 10.4. The molecule has 8 nitrogen and oxygen atoms in total. The molecule has 230 valence electrons. The number of nitrogens with zero attached hydrogens (tertiary/aromatic N) is 4. The van der Waals surface area contributed by atoms with Crippen molar-refractivity contribution in [3.05, 3.63) is 69.2 Å². The van der Waals surface area contributed by atoms with Gasteiger partial charge in [-0.25, -0.2) is 0 Å². The number of nitrogens with one attached hydrogen (secondary N) is 2. The summed E-state index contributed by atoms with van der Waals surface area (Å²) in [6.45, 7) is 13.3. The number of aromatic amines is 1. The molecule has 0 bridgehead atoms. The Bertz CT molecular complexity index is 1420. The van der Waals surface area contributed by atoms with Crippen molar-refractivity contribution >= 4 is 46.6 Å². The number of halogens is 2. The lowest BCUT2D eigenvalue weighted by Gasteiger charge is -2.40. The molecular weight excluding hydrogens is 583 g/mol. The zero-order chi connectivity index (χ0) is 31.4. The second-order valence-corrected chi connectivity index (χ2v) is 14.0. The third-order valence-electron chi connectivity index (χ3n) is 9.02. The van der Waals surface area contributed by atoms with Crippen molar-refractivity contribution in [3.8, 4) is 0 Å². The fraction of sp³-hybridized carbons (Fsp3) is 0.515. The van der Waals surface area contributed by atoms with Gasteiger partial charge in [-0.3, -0.25) is 19.9 Å². The second kappa shape index (κ2) is 13.7. The number of hydrogen-bond acceptors (Lipinski definition) is 6. The topological polar surface area (TPSA) is 113 Å². The third kappa shape index (κ3) is 8.51. The van der Waals surface area contributed by atoms with E-state index in [9.17, 15) is 9.59 Å². The zero-order valence-electron chi connectivity index (χ0n) is 25.9. The molecule has 2 unspecified atom stereocenters. The number of ketones is 1. The molecule has 0 saturated heterocycles. The maximum absolute atomic E-state index is 14.1. The van der Waals surface area contributed by atoms with Gasteiger partial charge >= 0.3 is 0 Å². The molecule has 10 heteroatoms. The fourth-order valence-corrected chi connectivity index (χ4v) is 6.60. The van der Waals surface area contributed by atoms with Crippen LogP contribution in [0.2, 0.25) is 10.0 Å². The molecular formula is C33H42Cl2N6O2. The van der Waals surface area contributed by atoms with Crippen LogP contribution in [-0.4, -0.2) is 43.6 Å². The Balaban J connectivity index is 1.54. The monoisotopic (exact) mass is 624 g/mol. The highest BCUT2D eigenvalue weighted by molar-refractivity contribution is 6.47. The average Bonchev–Trinajstić information content (AvgIpc) is 3.46. The van der Waals surface area contributed by atoms with Crippen molar-refractivity contribution in [2.75, 3.05) is 5.32 Å². The van der Waals surface area contributed by atoms with Gasteiger partial charge in [-0.1, -0.05) is 81.5 Å². The first-order valence-corrected chi connectivity index (χ1v) is 15.8. The van der Waals surface area contributed by atoms with E-state index in [2.05, 4.69) is 67.5 Å². The van der Waals surface area contributed by atoms with Gasteiger partial charge in [0.2, 0.25) is 0 Å². The van der Waals surface area contributed by atoms with Crippen LogP contribution in [-0.2, 0) is 4.79 Å². The van der Waals surface area contributed by atoms with Crippen molar-refractivity contribution in [3.63, 3.8) is 0 Å². The van der Waals surface area contributed by atoms with Gasteiger partial charge in [-0.2, -0.15) is 5.21 Å². The Morgan fingerprint density at radius 1 is 1.07 bits per heavy atom. The number of carbonyl (C=O) groups is 2. The molecule has 2 atom stereocenters. The van der Waals surface area contributed by atoms with Crippen LogP contribution >= 0.6 is 23.2 Å². The third-order valence-corrected chi connectivity index (χ3v) is 9.45. The molecule has 0 spiro atoms. The minimum atomic E-state index is -0.327. The summed E-state index contributed by atoms with van der Waals surface area (Å²) in [6, 6.07) is 12.7. The molecule has 43 heavy (non-hydrogen) atoms. The van der Waals surface area contributed by atoms with Gasteiger partial charge in [0.15, 0.2) is 5.78 Å². The number of rotatable bonds is 10. The summed E-state index contributed by atoms with van der Waals surface area (Å²) in [7, 11) is 0. The summed E-state index contributed by atoms with van der Waals surface area (Å²) in [5, 5.41) is 16.8. The molecule has 1 aromatic heterocycles. The lowest BCUT2D eigenvalue weighted by atomic mass is 9.68. The van der Waals surface area contributed by atoms with Crippen molar-refractivity contribution < 1.29 is 9.59 Å². The summed E-state index contributed by atoms with van der Waals surface area (Å²) >= 11 is 12.8. The van der Waals surface area contributed by atoms with E-state index >= 15 is 0 Å². The summed E-state index contributed by atoms with van der Waals surface area (Å²) in [5.74, 6) is 0.557. The SMILES string of the molecule is CCC(CC(=O)C(=NC1(C)CCC(C(C)(C)C)CC1)c1cc(Cl)cc(Cl)c1)C(C)c1ccc(C(=O)Nc2nn[nH]n2)cc1. The van der Waals surface area contributed by atoms with Crippen LogP contribution < -0.4 is 5.32 Å². The molecule has 3 aromatic rings. The number of tetrazole rings is 1. The molecule has 0 aliphatic heterocycles. The predicted molar refractivity (Wildman–Crippen MR) is 173 cm³/mol. The molecule has 1 aliphatic carbocycles. The van der Waals surface area contributed by atoms with Crippen LogP contribution in [0.3, 0.4) is 0 Å². The number of anilines is 1. The van der Waals surface area contributed by atoms with Crippen molar-refractivity contribution in [2.24, 2.45) is 22.2 Å². The lowest BCUT2D eigenvalue weighted by Crippen LogP contribution is -2.36. The molecule has 1 heterocycles. The molecule has 1 fully saturated rings. The molecule has 4 rings (SSSR count). The first-order chi connectivity index (χ1) is 20.3. The molecule has 2 N–H and O–H groups in total. The highest BCUT2D eigenvalue weighted by Crippen LogP contribution is 2.43. The van der Waals surface area contributed by atoms with E-state index in [-0.39, 0.29) is 40.4 Å². The van der Waals surface area contributed by atoms with Gasteiger partial charge in [-0.05, 0) is 96.9 Å². The van der Waals surface area contributed by atoms with E-state index in [0.29, 0.717) is 39.2 Å². The van der Waals surface area contributed by atoms with Crippen LogP contribution in [0.4, 0.5) is 5.95 Å². The first-order valence-electron chi connectivity index (χ1n) is 15.0. The number of amides is 1. The predicted octanol–water partition coefficient (Wildman–Crippen LogP) is 8.33. The summed E-state index contributed by atoms with van der Waals surface area (Å²) in [6.07, 6.45) is 5.17. The van der Waals surface area contributed by atoms with Gasteiger partial charge < -0.3 is 0 Å². The number of benzene rings is 2. The van der Waals surface area contributed by atoms with Gasteiger partial charge in [0.1, 0.15) is 5.71 Å². The molecule has 1 saturated carbocycles.